The predicted molar refractivity (Wildman–Crippen MR) is 97.0 cm³/mol. The fourth-order valence-corrected chi connectivity index (χ4v) is 3.34. The Morgan fingerprint density at radius 3 is 2.71 bits per heavy atom. The van der Waals surface area contributed by atoms with Crippen molar-refractivity contribution in [3.63, 3.8) is 0 Å². The van der Waals surface area contributed by atoms with Crippen LogP contribution in [0.15, 0.2) is 41.3 Å². The summed E-state index contributed by atoms with van der Waals surface area (Å²) in [6.45, 7) is 2.07. The number of hydrogen-bond acceptors (Lipinski definition) is 4. The van der Waals surface area contributed by atoms with Crippen molar-refractivity contribution in [2.45, 2.75) is 18.4 Å². The molecule has 0 heterocycles. The molecule has 24 heavy (non-hydrogen) atoms. The number of anilines is 1. The van der Waals surface area contributed by atoms with Gasteiger partial charge < -0.3 is 15.8 Å². The average molecular weight is 367 g/mol. The van der Waals surface area contributed by atoms with Gasteiger partial charge in [-0.25, -0.2) is 0 Å². The van der Waals surface area contributed by atoms with E-state index in [0.29, 0.717) is 32.7 Å². The highest BCUT2D eigenvalue weighted by molar-refractivity contribution is 7.85. The number of ether oxygens (including phenoxy) is 1. The number of hydrogen-bond donors (Lipinski definition) is 2. The monoisotopic (exact) mass is 366 g/mol. The van der Waals surface area contributed by atoms with Crippen LogP contribution < -0.4 is 15.8 Å². The summed E-state index contributed by atoms with van der Waals surface area (Å²) in [6, 6.07) is 9.96. The molecular formula is C17H19ClN2O3S. The van der Waals surface area contributed by atoms with Crippen molar-refractivity contribution >= 4 is 34.0 Å². The number of nitrogen functional groups attached to an aromatic ring is 1. The molecule has 1 unspecified atom stereocenters. The van der Waals surface area contributed by atoms with Crippen LogP contribution in [0.2, 0.25) is 5.02 Å². The summed E-state index contributed by atoms with van der Waals surface area (Å²) in [4.78, 5) is 13.0. The van der Waals surface area contributed by atoms with E-state index in [4.69, 9.17) is 22.1 Å². The summed E-state index contributed by atoms with van der Waals surface area (Å²) < 4.78 is 17.2. The van der Waals surface area contributed by atoms with Gasteiger partial charge in [0, 0.05) is 27.8 Å². The Morgan fingerprint density at radius 2 is 2.04 bits per heavy atom. The number of nitrogens with two attached hydrogens (primary N) is 1. The van der Waals surface area contributed by atoms with Gasteiger partial charge >= 0.3 is 0 Å². The van der Waals surface area contributed by atoms with Crippen LogP contribution in [0.1, 0.15) is 22.8 Å². The highest BCUT2D eigenvalue weighted by Gasteiger charge is 2.12. The molecule has 0 aliphatic rings. The Kier molecular flexibility index (Phi) is 6.23. The molecule has 0 spiro atoms. The zero-order valence-corrected chi connectivity index (χ0v) is 15.0. The maximum Gasteiger partial charge on any atom is 0.251 e. The van der Waals surface area contributed by atoms with Crippen LogP contribution in [0.25, 0.3) is 0 Å². The first-order valence-electron chi connectivity index (χ1n) is 7.34. The van der Waals surface area contributed by atoms with Crippen LogP contribution in [-0.4, -0.2) is 23.0 Å². The Balaban J connectivity index is 2.17. The maximum absolute atomic E-state index is 12.3. The smallest absolute Gasteiger partial charge is 0.251 e. The van der Waals surface area contributed by atoms with Crippen molar-refractivity contribution in [3.8, 4) is 5.75 Å². The minimum Gasteiger partial charge on any atom is -0.495 e. The van der Waals surface area contributed by atoms with E-state index in [1.54, 1.807) is 36.4 Å². The van der Waals surface area contributed by atoms with Gasteiger partial charge in [-0.1, -0.05) is 18.5 Å². The molecule has 0 aliphatic heterocycles. The van der Waals surface area contributed by atoms with E-state index in [9.17, 15) is 9.00 Å². The lowest BCUT2D eigenvalue weighted by Gasteiger charge is -2.11. The predicted octanol–water partition coefficient (Wildman–Crippen LogP) is 2.99. The van der Waals surface area contributed by atoms with Crippen LogP contribution in [0.4, 0.5) is 5.69 Å². The minimum absolute atomic E-state index is 0.229. The van der Waals surface area contributed by atoms with Gasteiger partial charge in [-0.05, 0) is 42.0 Å². The van der Waals surface area contributed by atoms with Gasteiger partial charge in [0.15, 0.2) is 0 Å². The zero-order valence-electron chi connectivity index (χ0n) is 13.5. The molecule has 0 saturated heterocycles. The van der Waals surface area contributed by atoms with Gasteiger partial charge in [-0.15, -0.1) is 0 Å². The summed E-state index contributed by atoms with van der Waals surface area (Å²) in [5, 5.41) is 3.34. The molecular weight excluding hydrogens is 348 g/mol. The van der Waals surface area contributed by atoms with Gasteiger partial charge in [-0.2, -0.15) is 0 Å². The number of methoxy groups -OCH3 is 1. The van der Waals surface area contributed by atoms with Crippen LogP contribution in [0, 0.1) is 0 Å². The first kappa shape index (κ1) is 18.3. The zero-order chi connectivity index (χ0) is 17.7. The van der Waals surface area contributed by atoms with Crippen molar-refractivity contribution in [1.82, 2.24) is 5.32 Å². The van der Waals surface area contributed by atoms with Crippen LogP contribution in [-0.2, 0) is 17.3 Å². The molecule has 5 nitrogen and oxygen atoms in total. The molecule has 2 rings (SSSR count). The van der Waals surface area contributed by atoms with E-state index >= 15 is 0 Å². The second-order valence-corrected chi connectivity index (χ2v) is 7.17. The summed E-state index contributed by atoms with van der Waals surface area (Å²) in [5.74, 6) is 0.664. The first-order valence-corrected chi connectivity index (χ1v) is 9.04. The summed E-state index contributed by atoms with van der Waals surface area (Å²) in [6.07, 6.45) is 0. The van der Waals surface area contributed by atoms with Crippen LogP contribution in [0.3, 0.4) is 0 Å². The van der Waals surface area contributed by atoms with E-state index in [-0.39, 0.29) is 12.5 Å². The molecule has 0 bridgehead atoms. The lowest BCUT2D eigenvalue weighted by atomic mass is 10.1. The number of carbonyl (C=O) groups excluding carboxylic acids is 1. The quantitative estimate of drug-likeness (QED) is 0.770. The lowest BCUT2D eigenvalue weighted by molar-refractivity contribution is 0.0950. The summed E-state index contributed by atoms with van der Waals surface area (Å²) in [7, 11) is 0.368. The summed E-state index contributed by atoms with van der Waals surface area (Å²) in [5.41, 5.74) is 7.37. The number of nitrogens with one attached hydrogen (secondary N) is 1. The molecule has 2 aromatic carbocycles. The van der Waals surface area contributed by atoms with Gasteiger partial charge in [0.05, 0.1) is 23.6 Å². The van der Waals surface area contributed by atoms with Gasteiger partial charge in [0.25, 0.3) is 5.91 Å². The van der Waals surface area contributed by atoms with Crippen molar-refractivity contribution in [1.29, 1.82) is 0 Å². The molecule has 0 radical (unpaired) electrons. The summed E-state index contributed by atoms with van der Waals surface area (Å²) >= 11 is 6.01. The van der Waals surface area contributed by atoms with E-state index in [2.05, 4.69) is 5.32 Å². The van der Waals surface area contributed by atoms with Crippen LogP contribution >= 0.6 is 11.6 Å². The van der Waals surface area contributed by atoms with E-state index in [1.807, 2.05) is 6.92 Å². The number of halogens is 1. The van der Waals surface area contributed by atoms with Gasteiger partial charge in [0.1, 0.15) is 5.75 Å². The molecule has 128 valence electrons. The largest absolute Gasteiger partial charge is 0.495 e. The topological polar surface area (TPSA) is 81.4 Å². The van der Waals surface area contributed by atoms with E-state index in [0.717, 1.165) is 5.56 Å². The highest BCUT2D eigenvalue weighted by atomic mass is 35.5. The Labute approximate surface area is 148 Å². The fourth-order valence-electron chi connectivity index (χ4n) is 2.19. The van der Waals surface area contributed by atoms with E-state index < -0.39 is 10.8 Å². The van der Waals surface area contributed by atoms with Gasteiger partial charge in [-0.3, -0.25) is 9.00 Å². The van der Waals surface area contributed by atoms with Crippen LogP contribution in [0.5, 0.6) is 5.75 Å². The molecule has 1 atom stereocenters. The molecule has 0 aromatic heterocycles. The third-order valence-corrected chi connectivity index (χ3v) is 5.11. The third kappa shape index (κ3) is 4.27. The number of amides is 1. The highest BCUT2D eigenvalue weighted by Crippen LogP contribution is 2.23. The second-order valence-electron chi connectivity index (χ2n) is 5.03. The molecule has 0 fully saturated rings. The Hall–Kier alpha value is -2.05. The molecule has 1 amide bonds. The standard InChI is InChI=1S/C17H19ClN2O3S/c1-3-24(22)16-7-5-13(18)8-12(16)10-20-17(21)11-4-6-14(19)15(9-11)23-2/h4-9H,3,10,19H2,1-2H3,(H,20,21). The third-order valence-electron chi connectivity index (χ3n) is 3.47. The van der Waals surface area contributed by atoms with Crippen molar-refractivity contribution in [2.24, 2.45) is 0 Å². The number of benzene rings is 2. The average Bonchev–Trinajstić information content (AvgIpc) is 2.59. The fraction of sp³-hybridized carbons (Fsp3) is 0.235. The molecule has 3 N–H and O–H groups in total. The Morgan fingerprint density at radius 1 is 1.29 bits per heavy atom. The SMILES string of the molecule is CCS(=O)c1ccc(Cl)cc1CNC(=O)c1ccc(N)c(OC)c1. The Bertz CT molecular complexity index is 780. The minimum atomic E-state index is -1.12. The maximum atomic E-state index is 12.3. The normalized spacial score (nSPS) is 11.8. The molecule has 2 aromatic rings. The van der Waals surface area contributed by atoms with Crippen molar-refractivity contribution in [3.05, 3.63) is 52.5 Å². The second kappa shape index (κ2) is 8.17. The number of carbonyl (C=O) groups is 1. The van der Waals surface area contributed by atoms with E-state index in [1.165, 1.54) is 7.11 Å². The van der Waals surface area contributed by atoms with Gasteiger partial charge in [0.2, 0.25) is 0 Å². The molecule has 0 aliphatic carbocycles. The first-order chi connectivity index (χ1) is 11.5. The molecule has 0 saturated carbocycles. The van der Waals surface area contributed by atoms with Crippen molar-refractivity contribution in [2.75, 3.05) is 18.6 Å². The molecule has 7 heteroatoms. The van der Waals surface area contributed by atoms with Crippen molar-refractivity contribution < 1.29 is 13.7 Å². The lowest BCUT2D eigenvalue weighted by Crippen LogP contribution is -2.23. The number of rotatable bonds is 6.